The van der Waals surface area contributed by atoms with Gasteiger partial charge in [-0.1, -0.05) is 60.7 Å². The van der Waals surface area contributed by atoms with Crippen LogP contribution in [-0.2, 0) is 16.0 Å². The topological polar surface area (TPSA) is 63.7 Å². The number of hydrogen-bond donors (Lipinski definition) is 0. The summed E-state index contributed by atoms with van der Waals surface area (Å²) in [6.45, 7) is 0.490. The van der Waals surface area contributed by atoms with Crippen LogP contribution in [0.4, 0.5) is 5.69 Å². The molecule has 0 unspecified atom stereocenters. The predicted octanol–water partition coefficient (Wildman–Crippen LogP) is 4.63. The van der Waals surface area contributed by atoms with Crippen LogP contribution in [0.5, 0.6) is 5.75 Å². The number of anilines is 1. The van der Waals surface area contributed by atoms with Crippen molar-refractivity contribution in [2.45, 2.75) is 6.42 Å². The molecule has 5 nitrogen and oxygen atoms in total. The smallest absolute Gasteiger partial charge is 0.258 e. The van der Waals surface area contributed by atoms with E-state index in [2.05, 4.69) is 0 Å². The maximum atomic E-state index is 12.1. The molecule has 0 aliphatic carbocycles. The van der Waals surface area contributed by atoms with E-state index in [1.807, 2.05) is 54.6 Å². The van der Waals surface area contributed by atoms with Crippen LogP contribution in [-0.4, -0.2) is 24.2 Å². The van der Waals surface area contributed by atoms with E-state index in [0.717, 1.165) is 21.8 Å². The van der Waals surface area contributed by atoms with Gasteiger partial charge in [0, 0.05) is 24.1 Å². The standard InChI is InChI=1S/C27H21NO4/c29-25(22-4-2-1-3-5-22)15-10-20-8-13-24(14-9-20)32-19-18-21-6-11-23(12-7-21)28-26(30)16-17-27(28)31/h1-17H,18-19H2/b15-10+. The molecule has 32 heavy (non-hydrogen) atoms. The van der Waals surface area contributed by atoms with E-state index < -0.39 is 0 Å². The van der Waals surface area contributed by atoms with Crippen molar-refractivity contribution in [3.8, 4) is 5.75 Å². The molecule has 1 aliphatic heterocycles. The Morgan fingerprint density at radius 1 is 0.812 bits per heavy atom. The first kappa shape index (κ1) is 21.0. The normalized spacial score (nSPS) is 13.2. The largest absolute Gasteiger partial charge is 0.493 e. The number of carbonyl (C=O) groups excluding carboxylic acids is 3. The summed E-state index contributed by atoms with van der Waals surface area (Å²) in [7, 11) is 0. The molecule has 1 heterocycles. The molecule has 0 fully saturated rings. The highest BCUT2D eigenvalue weighted by atomic mass is 16.5. The highest BCUT2D eigenvalue weighted by Crippen LogP contribution is 2.20. The SMILES string of the molecule is O=C(/C=C/c1ccc(OCCc2ccc(N3C(=O)C=CC3=O)cc2)cc1)c1ccccc1. The van der Waals surface area contributed by atoms with E-state index in [4.69, 9.17) is 4.74 Å². The molecule has 2 amide bonds. The lowest BCUT2D eigenvalue weighted by molar-refractivity contribution is -0.119. The molecular weight excluding hydrogens is 402 g/mol. The predicted molar refractivity (Wildman–Crippen MR) is 124 cm³/mol. The minimum absolute atomic E-state index is 0.0355. The Labute approximate surface area is 186 Å². The molecule has 0 saturated heterocycles. The van der Waals surface area contributed by atoms with Gasteiger partial charge in [0.15, 0.2) is 5.78 Å². The molecule has 0 bridgehead atoms. The van der Waals surface area contributed by atoms with Gasteiger partial charge in [0.25, 0.3) is 11.8 Å². The number of ether oxygens (including phenoxy) is 1. The molecule has 0 aromatic heterocycles. The van der Waals surface area contributed by atoms with Gasteiger partial charge in [-0.15, -0.1) is 0 Å². The first-order valence-corrected chi connectivity index (χ1v) is 10.3. The fourth-order valence-corrected chi connectivity index (χ4v) is 3.30. The summed E-state index contributed by atoms with van der Waals surface area (Å²) in [5.74, 6) is 0.0572. The maximum absolute atomic E-state index is 12.1. The van der Waals surface area contributed by atoms with Crippen LogP contribution < -0.4 is 9.64 Å². The van der Waals surface area contributed by atoms with Crippen molar-refractivity contribution in [1.29, 1.82) is 0 Å². The minimum atomic E-state index is -0.325. The monoisotopic (exact) mass is 423 g/mol. The van der Waals surface area contributed by atoms with Crippen LogP contribution in [0.25, 0.3) is 6.08 Å². The summed E-state index contributed by atoms with van der Waals surface area (Å²) in [5.41, 5.74) is 3.17. The van der Waals surface area contributed by atoms with Crippen LogP contribution >= 0.6 is 0 Å². The molecule has 5 heteroatoms. The minimum Gasteiger partial charge on any atom is -0.493 e. The number of allylic oxidation sites excluding steroid dienone is 1. The molecule has 1 aliphatic rings. The molecule has 0 saturated carbocycles. The lowest BCUT2D eigenvalue weighted by atomic mass is 10.1. The molecule has 0 N–H and O–H groups in total. The number of imide groups is 1. The first-order valence-electron chi connectivity index (χ1n) is 10.3. The van der Waals surface area contributed by atoms with Crippen LogP contribution in [0.2, 0.25) is 0 Å². The third-order valence-electron chi connectivity index (χ3n) is 5.03. The summed E-state index contributed by atoms with van der Waals surface area (Å²) >= 11 is 0. The van der Waals surface area contributed by atoms with Crippen molar-refractivity contribution in [2.75, 3.05) is 11.5 Å². The van der Waals surface area contributed by atoms with E-state index in [-0.39, 0.29) is 17.6 Å². The summed E-state index contributed by atoms with van der Waals surface area (Å²) in [4.78, 5) is 36.8. The molecule has 3 aromatic carbocycles. The number of benzene rings is 3. The summed E-state index contributed by atoms with van der Waals surface area (Å²) in [5, 5.41) is 0. The van der Waals surface area contributed by atoms with Gasteiger partial charge >= 0.3 is 0 Å². The zero-order chi connectivity index (χ0) is 22.3. The van der Waals surface area contributed by atoms with Gasteiger partial charge in [-0.25, -0.2) is 4.90 Å². The zero-order valence-corrected chi connectivity index (χ0v) is 17.3. The molecule has 0 atom stereocenters. The second-order valence-electron chi connectivity index (χ2n) is 7.24. The van der Waals surface area contributed by atoms with Crippen molar-refractivity contribution in [3.05, 3.63) is 114 Å². The highest BCUT2D eigenvalue weighted by molar-refractivity contribution is 6.28. The Morgan fingerprint density at radius 3 is 2.12 bits per heavy atom. The first-order chi connectivity index (χ1) is 15.6. The van der Waals surface area contributed by atoms with Gasteiger partial charge in [0.05, 0.1) is 12.3 Å². The summed E-state index contributed by atoms with van der Waals surface area (Å²) < 4.78 is 5.80. The lowest BCUT2D eigenvalue weighted by Crippen LogP contribution is -2.29. The lowest BCUT2D eigenvalue weighted by Gasteiger charge is -2.14. The van der Waals surface area contributed by atoms with Crippen molar-refractivity contribution in [1.82, 2.24) is 0 Å². The number of ketones is 1. The van der Waals surface area contributed by atoms with Crippen molar-refractivity contribution >= 4 is 29.4 Å². The second kappa shape index (κ2) is 9.71. The molecule has 3 aromatic rings. The Hall–Kier alpha value is -4.25. The van der Waals surface area contributed by atoms with E-state index in [1.165, 1.54) is 12.2 Å². The second-order valence-corrected chi connectivity index (χ2v) is 7.24. The van der Waals surface area contributed by atoms with Crippen molar-refractivity contribution in [2.24, 2.45) is 0 Å². The van der Waals surface area contributed by atoms with E-state index in [0.29, 0.717) is 24.3 Å². The fourth-order valence-electron chi connectivity index (χ4n) is 3.30. The Morgan fingerprint density at radius 2 is 1.47 bits per heavy atom. The molecule has 4 rings (SSSR count). The van der Waals surface area contributed by atoms with Gasteiger partial charge in [0.2, 0.25) is 0 Å². The number of amides is 2. The van der Waals surface area contributed by atoms with Crippen LogP contribution in [0.1, 0.15) is 21.5 Å². The molecule has 158 valence electrons. The number of hydrogen-bond acceptors (Lipinski definition) is 4. The van der Waals surface area contributed by atoms with Gasteiger partial charge in [-0.2, -0.15) is 0 Å². The molecular formula is C27H21NO4. The number of carbonyl (C=O) groups is 3. The average Bonchev–Trinajstić information content (AvgIpc) is 3.17. The fraction of sp³-hybridized carbons (Fsp3) is 0.0741. The maximum Gasteiger partial charge on any atom is 0.258 e. The average molecular weight is 423 g/mol. The van der Waals surface area contributed by atoms with Crippen LogP contribution in [0.15, 0.2) is 97.1 Å². The van der Waals surface area contributed by atoms with E-state index in [1.54, 1.807) is 36.4 Å². The molecule has 0 radical (unpaired) electrons. The van der Waals surface area contributed by atoms with Gasteiger partial charge in [0.1, 0.15) is 5.75 Å². The third kappa shape index (κ3) is 5.08. The van der Waals surface area contributed by atoms with Gasteiger partial charge in [-0.3, -0.25) is 14.4 Å². The number of nitrogens with zero attached hydrogens (tertiary/aromatic N) is 1. The van der Waals surface area contributed by atoms with Crippen molar-refractivity contribution < 1.29 is 19.1 Å². The quantitative estimate of drug-likeness (QED) is 0.301. The van der Waals surface area contributed by atoms with Gasteiger partial charge in [-0.05, 0) is 41.5 Å². The zero-order valence-electron chi connectivity index (χ0n) is 17.3. The third-order valence-corrected chi connectivity index (χ3v) is 5.03. The summed E-state index contributed by atoms with van der Waals surface area (Å²) in [6.07, 6.45) is 6.58. The summed E-state index contributed by atoms with van der Waals surface area (Å²) in [6, 6.07) is 24.0. The van der Waals surface area contributed by atoms with E-state index in [9.17, 15) is 14.4 Å². The van der Waals surface area contributed by atoms with Crippen LogP contribution in [0.3, 0.4) is 0 Å². The van der Waals surface area contributed by atoms with E-state index >= 15 is 0 Å². The number of rotatable bonds is 8. The van der Waals surface area contributed by atoms with Crippen LogP contribution in [0, 0.1) is 0 Å². The van der Waals surface area contributed by atoms with Gasteiger partial charge < -0.3 is 4.74 Å². The van der Waals surface area contributed by atoms with Crippen molar-refractivity contribution in [3.63, 3.8) is 0 Å². The highest BCUT2D eigenvalue weighted by Gasteiger charge is 2.24. The Balaban J connectivity index is 1.26. The Kier molecular flexibility index (Phi) is 6.37. The Bertz CT molecular complexity index is 1160. The molecule has 0 spiro atoms.